The van der Waals surface area contributed by atoms with Crippen LogP contribution in [0.15, 0.2) is 15.4 Å². The fourth-order valence-corrected chi connectivity index (χ4v) is 3.85. The van der Waals surface area contributed by atoms with Crippen molar-refractivity contribution in [2.45, 2.75) is 31.3 Å². The maximum Gasteiger partial charge on any atom is 0.246 e. The molecule has 1 saturated heterocycles. The number of aliphatic hydroxyl groups is 1. The summed E-state index contributed by atoms with van der Waals surface area (Å²) in [5, 5.41) is 9.02. The van der Waals surface area contributed by atoms with Gasteiger partial charge in [-0.3, -0.25) is 0 Å². The number of aryl methyl sites for hydroxylation is 1. The largest absolute Gasteiger partial charge is 0.462 e. The van der Waals surface area contributed by atoms with E-state index in [2.05, 4.69) is 0 Å². The predicted octanol–water partition coefficient (Wildman–Crippen LogP) is 1.13. The SMILES string of the molecule is Cc1oc(CO)cc1S(=O)(=O)N(C)CC1CCOCC1. The van der Waals surface area contributed by atoms with Crippen molar-refractivity contribution in [2.75, 3.05) is 26.8 Å². The van der Waals surface area contributed by atoms with E-state index < -0.39 is 10.0 Å². The van der Waals surface area contributed by atoms with Crippen LogP contribution in [0.1, 0.15) is 24.4 Å². The Morgan fingerprint density at radius 1 is 1.40 bits per heavy atom. The fourth-order valence-electron chi connectivity index (χ4n) is 2.42. The van der Waals surface area contributed by atoms with E-state index in [1.807, 2.05) is 0 Å². The molecule has 1 aromatic rings. The van der Waals surface area contributed by atoms with Gasteiger partial charge >= 0.3 is 0 Å². The molecule has 1 aliphatic rings. The van der Waals surface area contributed by atoms with Crippen molar-refractivity contribution in [3.8, 4) is 0 Å². The van der Waals surface area contributed by atoms with E-state index in [0.29, 0.717) is 31.4 Å². The van der Waals surface area contributed by atoms with Crippen LogP contribution in [-0.4, -0.2) is 44.6 Å². The molecule has 7 heteroatoms. The highest BCUT2D eigenvalue weighted by molar-refractivity contribution is 7.89. The summed E-state index contributed by atoms with van der Waals surface area (Å²) in [5.74, 6) is 0.904. The molecule has 0 atom stereocenters. The second-order valence-corrected chi connectivity index (χ2v) is 7.15. The van der Waals surface area contributed by atoms with E-state index >= 15 is 0 Å². The molecule has 0 saturated carbocycles. The Morgan fingerprint density at radius 3 is 2.60 bits per heavy atom. The Balaban J connectivity index is 2.13. The molecular formula is C13H21NO5S. The average Bonchev–Trinajstić information content (AvgIpc) is 2.82. The van der Waals surface area contributed by atoms with Crippen LogP contribution in [-0.2, 0) is 21.4 Å². The molecule has 20 heavy (non-hydrogen) atoms. The molecule has 0 bridgehead atoms. The molecule has 1 aromatic heterocycles. The van der Waals surface area contributed by atoms with Crippen molar-refractivity contribution < 1.29 is 22.7 Å². The van der Waals surface area contributed by atoms with Crippen molar-refractivity contribution in [1.29, 1.82) is 0 Å². The summed E-state index contributed by atoms with van der Waals surface area (Å²) in [5.41, 5.74) is 0. The third-order valence-corrected chi connectivity index (χ3v) is 5.55. The summed E-state index contributed by atoms with van der Waals surface area (Å²) in [6.45, 7) is 3.15. The zero-order valence-electron chi connectivity index (χ0n) is 11.8. The summed E-state index contributed by atoms with van der Waals surface area (Å²) in [6, 6.07) is 1.39. The number of furan rings is 1. The fraction of sp³-hybridized carbons (Fsp3) is 0.692. The number of hydrogen-bond donors (Lipinski definition) is 1. The molecule has 2 heterocycles. The highest BCUT2D eigenvalue weighted by Gasteiger charge is 2.28. The first kappa shape index (κ1) is 15.5. The van der Waals surface area contributed by atoms with Gasteiger partial charge < -0.3 is 14.3 Å². The summed E-state index contributed by atoms with van der Waals surface area (Å²) in [6.07, 6.45) is 1.76. The van der Waals surface area contributed by atoms with Crippen LogP contribution in [0.2, 0.25) is 0 Å². The van der Waals surface area contributed by atoms with E-state index in [1.54, 1.807) is 14.0 Å². The minimum atomic E-state index is -3.57. The molecule has 6 nitrogen and oxygen atoms in total. The van der Waals surface area contributed by atoms with Gasteiger partial charge in [-0.25, -0.2) is 12.7 Å². The van der Waals surface area contributed by atoms with Crippen LogP contribution >= 0.6 is 0 Å². The van der Waals surface area contributed by atoms with Gasteiger partial charge in [0.1, 0.15) is 23.0 Å². The molecule has 1 aliphatic heterocycles. The van der Waals surface area contributed by atoms with Crippen molar-refractivity contribution >= 4 is 10.0 Å². The van der Waals surface area contributed by atoms with Crippen molar-refractivity contribution in [3.63, 3.8) is 0 Å². The van der Waals surface area contributed by atoms with E-state index in [1.165, 1.54) is 10.4 Å². The topological polar surface area (TPSA) is 80.0 Å². The first-order chi connectivity index (χ1) is 9.45. The third-order valence-electron chi connectivity index (χ3n) is 3.62. The van der Waals surface area contributed by atoms with Crippen molar-refractivity contribution in [3.05, 3.63) is 17.6 Å². The highest BCUT2D eigenvalue weighted by atomic mass is 32.2. The van der Waals surface area contributed by atoms with Gasteiger partial charge in [-0.15, -0.1) is 0 Å². The van der Waals surface area contributed by atoms with Crippen molar-refractivity contribution in [1.82, 2.24) is 4.31 Å². The van der Waals surface area contributed by atoms with Gasteiger partial charge in [-0.2, -0.15) is 0 Å². The van der Waals surface area contributed by atoms with Crippen LogP contribution in [0.4, 0.5) is 0 Å². The standard InChI is InChI=1S/C13H21NO5S/c1-10-13(7-12(9-15)19-10)20(16,17)14(2)8-11-3-5-18-6-4-11/h7,11,15H,3-6,8-9H2,1-2H3. The Morgan fingerprint density at radius 2 is 2.05 bits per heavy atom. The lowest BCUT2D eigenvalue weighted by Crippen LogP contribution is -2.34. The Kier molecular flexibility index (Phi) is 4.85. The number of sulfonamides is 1. The zero-order chi connectivity index (χ0) is 14.8. The lowest BCUT2D eigenvalue weighted by molar-refractivity contribution is 0.0620. The highest BCUT2D eigenvalue weighted by Crippen LogP contribution is 2.25. The smallest absolute Gasteiger partial charge is 0.246 e. The van der Waals surface area contributed by atoms with Crippen LogP contribution in [0.5, 0.6) is 0 Å². The van der Waals surface area contributed by atoms with Crippen molar-refractivity contribution in [2.24, 2.45) is 5.92 Å². The maximum absolute atomic E-state index is 12.5. The van der Waals surface area contributed by atoms with E-state index in [9.17, 15) is 8.42 Å². The lowest BCUT2D eigenvalue weighted by atomic mass is 10.0. The quantitative estimate of drug-likeness (QED) is 0.882. The number of rotatable bonds is 5. The predicted molar refractivity (Wildman–Crippen MR) is 72.7 cm³/mol. The lowest BCUT2D eigenvalue weighted by Gasteiger charge is -2.26. The Labute approximate surface area is 119 Å². The van der Waals surface area contributed by atoms with E-state index in [0.717, 1.165) is 12.8 Å². The number of hydrogen-bond acceptors (Lipinski definition) is 5. The molecule has 0 radical (unpaired) electrons. The summed E-state index contributed by atoms with van der Waals surface area (Å²) in [7, 11) is -1.99. The first-order valence-electron chi connectivity index (χ1n) is 6.69. The van der Waals surface area contributed by atoms with Gasteiger partial charge in [-0.05, 0) is 25.7 Å². The van der Waals surface area contributed by atoms with Gasteiger partial charge in [0.15, 0.2) is 0 Å². The van der Waals surface area contributed by atoms with Gasteiger partial charge in [0.25, 0.3) is 0 Å². The molecule has 0 spiro atoms. The monoisotopic (exact) mass is 303 g/mol. The van der Waals surface area contributed by atoms with Gasteiger partial charge in [-0.1, -0.05) is 0 Å². The van der Waals surface area contributed by atoms with Gasteiger partial charge in [0.05, 0.1) is 0 Å². The van der Waals surface area contributed by atoms with Crippen LogP contribution in [0, 0.1) is 12.8 Å². The van der Waals surface area contributed by atoms with Crippen LogP contribution in [0.3, 0.4) is 0 Å². The second kappa shape index (κ2) is 6.26. The number of ether oxygens (including phenoxy) is 1. The molecule has 1 N–H and O–H groups in total. The molecule has 1 fully saturated rings. The second-order valence-electron chi connectivity index (χ2n) is 5.13. The molecule has 0 unspecified atom stereocenters. The Hall–Kier alpha value is -0.890. The zero-order valence-corrected chi connectivity index (χ0v) is 12.6. The molecule has 0 amide bonds. The number of nitrogens with zero attached hydrogens (tertiary/aromatic N) is 1. The number of aliphatic hydroxyl groups excluding tert-OH is 1. The van der Waals surface area contributed by atoms with Crippen LogP contribution < -0.4 is 0 Å². The van der Waals surface area contributed by atoms with E-state index in [-0.39, 0.29) is 17.3 Å². The summed E-state index contributed by atoms with van der Waals surface area (Å²) in [4.78, 5) is 0.135. The Bertz CT molecular complexity index is 545. The van der Waals surface area contributed by atoms with Gasteiger partial charge in [0.2, 0.25) is 10.0 Å². The first-order valence-corrected chi connectivity index (χ1v) is 8.13. The van der Waals surface area contributed by atoms with E-state index in [4.69, 9.17) is 14.3 Å². The molecule has 0 aliphatic carbocycles. The minimum absolute atomic E-state index is 0.135. The van der Waals surface area contributed by atoms with Crippen LogP contribution in [0.25, 0.3) is 0 Å². The van der Waals surface area contributed by atoms with Gasteiger partial charge in [0, 0.05) is 32.9 Å². The maximum atomic E-state index is 12.5. The summed E-state index contributed by atoms with van der Waals surface area (Å²) >= 11 is 0. The molecule has 114 valence electrons. The average molecular weight is 303 g/mol. The normalized spacial score (nSPS) is 17.8. The third kappa shape index (κ3) is 3.22. The summed E-state index contributed by atoms with van der Waals surface area (Å²) < 4.78 is 36.9. The molecule has 2 rings (SSSR count). The molecular weight excluding hydrogens is 282 g/mol. The minimum Gasteiger partial charge on any atom is -0.462 e. The molecule has 0 aromatic carbocycles.